The van der Waals surface area contributed by atoms with E-state index in [9.17, 15) is 9.59 Å². The van der Waals surface area contributed by atoms with E-state index < -0.39 is 0 Å². The first-order valence-electron chi connectivity index (χ1n) is 8.12. The molecule has 1 aromatic carbocycles. The molecule has 3 N–H and O–H groups in total. The number of Topliss-reactive ketones (excluding diaryl/α,β-unsaturated/α-hetero) is 1. The molecular weight excluding hydrogens is 276 g/mol. The van der Waals surface area contributed by atoms with Crippen molar-refractivity contribution < 1.29 is 9.59 Å². The Kier molecular flexibility index (Phi) is 8.44. The Morgan fingerprint density at radius 3 is 2.36 bits per heavy atom. The fourth-order valence-corrected chi connectivity index (χ4v) is 2.26. The van der Waals surface area contributed by atoms with Gasteiger partial charge in [0.15, 0.2) is 5.78 Å². The van der Waals surface area contributed by atoms with Gasteiger partial charge in [0.1, 0.15) is 0 Å². The highest BCUT2D eigenvalue weighted by Gasteiger charge is 2.09. The van der Waals surface area contributed by atoms with Gasteiger partial charge in [-0.3, -0.25) is 9.59 Å². The number of hydrogen-bond acceptors (Lipinski definition) is 3. The van der Waals surface area contributed by atoms with Crippen LogP contribution in [-0.2, 0) is 11.2 Å². The highest BCUT2D eigenvalue weighted by molar-refractivity contribution is 5.97. The molecule has 0 aliphatic heterocycles. The molecule has 0 radical (unpaired) electrons. The third-order valence-corrected chi connectivity index (χ3v) is 3.45. The monoisotopic (exact) mass is 304 g/mol. The lowest BCUT2D eigenvalue weighted by Crippen LogP contribution is -2.25. The Morgan fingerprint density at radius 2 is 1.77 bits per heavy atom. The molecule has 0 heterocycles. The maximum atomic E-state index is 12.1. The van der Waals surface area contributed by atoms with Crippen LogP contribution < -0.4 is 11.1 Å². The lowest BCUT2D eigenvalue weighted by atomic mass is 9.99. The van der Waals surface area contributed by atoms with Crippen molar-refractivity contribution in [2.75, 3.05) is 13.1 Å². The molecule has 4 heteroatoms. The van der Waals surface area contributed by atoms with Crippen molar-refractivity contribution >= 4 is 11.7 Å². The quantitative estimate of drug-likeness (QED) is 0.515. The normalized spacial score (nSPS) is 10.7. The molecule has 0 fully saturated rings. The summed E-state index contributed by atoms with van der Waals surface area (Å²) in [6, 6.07) is 7.72. The van der Waals surface area contributed by atoms with Crippen molar-refractivity contribution in [1.29, 1.82) is 0 Å². The number of benzene rings is 1. The summed E-state index contributed by atoms with van der Waals surface area (Å²) in [5.74, 6) is 0.555. The summed E-state index contributed by atoms with van der Waals surface area (Å²) in [5.41, 5.74) is 7.31. The Labute approximate surface area is 133 Å². The molecule has 0 aromatic heterocycles. The van der Waals surface area contributed by atoms with Gasteiger partial charge in [-0.05, 0) is 37.3 Å². The van der Waals surface area contributed by atoms with Crippen molar-refractivity contribution in [1.82, 2.24) is 5.32 Å². The highest BCUT2D eigenvalue weighted by Crippen LogP contribution is 2.11. The smallest absolute Gasteiger partial charge is 0.220 e. The summed E-state index contributed by atoms with van der Waals surface area (Å²) >= 11 is 0. The molecule has 0 aliphatic carbocycles. The summed E-state index contributed by atoms with van der Waals surface area (Å²) in [5, 5.41) is 2.81. The number of amides is 1. The number of carbonyl (C=O) groups is 2. The Hall–Kier alpha value is -1.68. The predicted molar refractivity (Wildman–Crippen MR) is 89.8 cm³/mol. The van der Waals surface area contributed by atoms with Gasteiger partial charge in [0, 0.05) is 24.9 Å². The zero-order chi connectivity index (χ0) is 16.4. The van der Waals surface area contributed by atoms with Crippen LogP contribution in [0.25, 0.3) is 0 Å². The predicted octanol–water partition coefficient (Wildman–Crippen LogP) is 2.70. The van der Waals surface area contributed by atoms with E-state index in [1.807, 2.05) is 24.3 Å². The van der Waals surface area contributed by atoms with Gasteiger partial charge in [0.05, 0.1) is 0 Å². The van der Waals surface area contributed by atoms with Crippen molar-refractivity contribution in [3.05, 3.63) is 35.4 Å². The second-order valence-corrected chi connectivity index (χ2v) is 6.06. The lowest BCUT2D eigenvalue weighted by Gasteiger charge is -2.07. The van der Waals surface area contributed by atoms with Crippen LogP contribution in [0.3, 0.4) is 0 Å². The molecule has 0 saturated heterocycles. The molecule has 0 unspecified atom stereocenters. The molecule has 1 aromatic rings. The van der Waals surface area contributed by atoms with Crippen molar-refractivity contribution in [3.8, 4) is 0 Å². The van der Waals surface area contributed by atoms with Gasteiger partial charge < -0.3 is 11.1 Å². The molecule has 122 valence electrons. The minimum absolute atomic E-state index is 0.0215. The number of nitrogens with one attached hydrogen (secondary N) is 1. The first-order chi connectivity index (χ1) is 10.5. The van der Waals surface area contributed by atoms with E-state index in [1.165, 1.54) is 5.56 Å². The maximum Gasteiger partial charge on any atom is 0.220 e. The topological polar surface area (TPSA) is 72.2 Å². The van der Waals surface area contributed by atoms with Crippen LogP contribution in [0.5, 0.6) is 0 Å². The molecular formula is C18H28N2O2. The molecule has 0 atom stereocenters. The Morgan fingerprint density at radius 1 is 1.09 bits per heavy atom. The van der Waals surface area contributed by atoms with Gasteiger partial charge in [0.2, 0.25) is 5.91 Å². The first-order valence-corrected chi connectivity index (χ1v) is 8.12. The number of unbranched alkanes of at least 4 members (excludes halogenated alkanes) is 1. The number of rotatable bonds is 10. The van der Waals surface area contributed by atoms with E-state index in [2.05, 4.69) is 19.2 Å². The third kappa shape index (κ3) is 7.36. The molecule has 0 bridgehead atoms. The number of carbonyl (C=O) groups excluding carboxylic acids is 2. The first kappa shape index (κ1) is 18.4. The highest BCUT2D eigenvalue weighted by atomic mass is 16.2. The van der Waals surface area contributed by atoms with E-state index in [1.54, 1.807) is 0 Å². The van der Waals surface area contributed by atoms with Crippen LogP contribution in [0, 0.1) is 5.92 Å². The second-order valence-electron chi connectivity index (χ2n) is 6.06. The summed E-state index contributed by atoms with van der Waals surface area (Å²) in [4.78, 5) is 23.7. The van der Waals surface area contributed by atoms with E-state index in [4.69, 9.17) is 5.73 Å². The lowest BCUT2D eigenvalue weighted by molar-refractivity contribution is -0.121. The number of ketones is 1. The van der Waals surface area contributed by atoms with Crippen molar-refractivity contribution in [3.63, 3.8) is 0 Å². The molecule has 0 spiro atoms. The van der Waals surface area contributed by atoms with Crippen molar-refractivity contribution in [2.24, 2.45) is 11.7 Å². The summed E-state index contributed by atoms with van der Waals surface area (Å²) in [6.45, 7) is 5.62. The van der Waals surface area contributed by atoms with Crippen LogP contribution >= 0.6 is 0 Å². The third-order valence-electron chi connectivity index (χ3n) is 3.45. The van der Waals surface area contributed by atoms with Crippen LogP contribution in [0.2, 0.25) is 0 Å². The SMILES string of the molecule is CC(C)Cc1ccc(C(=O)CCC(=O)NCCCCN)cc1. The van der Waals surface area contributed by atoms with Gasteiger partial charge in [-0.2, -0.15) is 0 Å². The van der Waals surface area contributed by atoms with E-state index in [-0.39, 0.29) is 24.5 Å². The summed E-state index contributed by atoms with van der Waals surface area (Å²) < 4.78 is 0. The van der Waals surface area contributed by atoms with E-state index in [0.717, 1.165) is 19.3 Å². The molecule has 1 amide bonds. The van der Waals surface area contributed by atoms with Gasteiger partial charge in [-0.15, -0.1) is 0 Å². The number of nitrogens with two attached hydrogens (primary N) is 1. The van der Waals surface area contributed by atoms with E-state index >= 15 is 0 Å². The number of hydrogen-bond donors (Lipinski definition) is 2. The average Bonchev–Trinajstić information content (AvgIpc) is 2.49. The Balaban J connectivity index is 2.34. The van der Waals surface area contributed by atoms with Crippen LogP contribution in [0.1, 0.15) is 55.5 Å². The second kappa shape index (κ2) is 10.1. The van der Waals surface area contributed by atoms with Gasteiger partial charge in [0.25, 0.3) is 0 Å². The van der Waals surface area contributed by atoms with Gasteiger partial charge in [-0.1, -0.05) is 38.1 Å². The minimum atomic E-state index is -0.0678. The van der Waals surface area contributed by atoms with Crippen LogP contribution in [0.4, 0.5) is 0 Å². The standard InChI is InChI=1S/C18H28N2O2/c1-14(2)13-15-5-7-16(8-6-15)17(21)9-10-18(22)20-12-4-3-11-19/h5-8,14H,3-4,9-13,19H2,1-2H3,(H,20,22). The fraction of sp³-hybridized carbons (Fsp3) is 0.556. The molecule has 0 saturated carbocycles. The van der Waals surface area contributed by atoms with E-state index in [0.29, 0.717) is 24.6 Å². The average molecular weight is 304 g/mol. The summed E-state index contributed by atoms with van der Waals surface area (Å²) in [6.07, 6.45) is 3.30. The largest absolute Gasteiger partial charge is 0.356 e. The summed E-state index contributed by atoms with van der Waals surface area (Å²) in [7, 11) is 0. The molecule has 22 heavy (non-hydrogen) atoms. The Bertz CT molecular complexity index is 466. The maximum absolute atomic E-state index is 12.1. The molecule has 1 rings (SSSR count). The van der Waals surface area contributed by atoms with Gasteiger partial charge >= 0.3 is 0 Å². The molecule has 4 nitrogen and oxygen atoms in total. The van der Waals surface area contributed by atoms with Crippen LogP contribution in [-0.4, -0.2) is 24.8 Å². The van der Waals surface area contributed by atoms with Crippen LogP contribution in [0.15, 0.2) is 24.3 Å². The van der Waals surface area contributed by atoms with Crippen molar-refractivity contribution in [2.45, 2.75) is 46.0 Å². The zero-order valence-corrected chi connectivity index (χ0v) is 13.7. The zero-order valence-electron chi connectivity index (χ0n) is 13.7. The minimum Gasteiger partial charge on any atom is -0.356 e. The molecule has 0 aliphatic rings. The van der Waals surface area contributed by atoms with Gasteiger partial charge in [-0.25, -0.2) is 0 Å². The fourth-order valence-electron chi connectivity index (χ4n) is 2.26.